The van der Waals surface area contributed by atoms with E-state index in [9.17, 15) is 9.18 Å². The maximum absolute atomic E-state index is 14.4. The van der Waals surface area contributed by atoms with Crippen molar-refractivity contribution in [3.63, 3.8) is 0 Å². The van der Waals surface area contributed by atoms with E-state index in [1.54, 1.807) is 12.1 Å². The van der Waals surface area contributed by atoms with Gasteiger partial charge in [-0.25, -0.2) is 13.8 Å². The number of hydrogen-bond donors (Lipinski definition) is 1. The molecule has 5 nitrogen and oxygen atoms in total. The summed E-state index contributed by atoms with van der Waals surface area (Å²) < 4.78 is 21.4. The summed E-state index contributed by atoms with van der Waals surface area (Å²) in [6.45, 7) is 2.86. The molecule has 0 spiro atoms. The van der Waals surface area contributed by atoms with Crippen LogP contribution in [0.2, 0.25) is 0 Å². The van der Waals surface area contributed by atoms with Gasteiger partial charge in [0.15, 0.2) is 12.4 Å². The number of hydrogen-bond acceptors (Lipinski definition) is 3. The third-order valence-corrected chi connectivity index (χ3v) is 3.91. The van der Waals surface area contributed by atoms with Gasteiger partial charge in [0, 0.05) is 17.7 Å². The number of carbonyl (C=O) groups is 1. The van der Waals surface area contributed by atoms with Gasteiger partial charge in [0.05, 0.1) is 18.8 Å². The van der Waals surface area contributed by atoms with Gasteiger partial charge in [-0.15, -0.1) is 0 Å². The van der Waals surface area contributed by atoms with Gasteiger partial charge in [-0.3, -0.25) is 4.90 Å². The third-order valence-electron chi connectivity index (χ3n) is 3.91. The molecule has 0 saturated carbocycles. The molecule has 1 aromatic heterocycles. The highest BCUT2D eigenvalue weighted by atomic mass is 35.5. The number of halogens is 2. The minimum atomic E-state index is -0.570. The summed E-state index contributed by atoms with van der Waals surface area (Å²) >= 11 is 0. The molecule has 0 bridgehead atoms. The van der Waals surface area contributed by atoms with Crippen LogP contribution in [0.4, 0.5) is 14.9 Å². The molecular formula is C17H18ClFN2O3. The van der Waals surface area contributed by atoms with Crippen molar-refractivity contribution < 1.29 is 36.0 Å². The molecule has 1 fully saturated rings. The largest absolute Gasteiger partial charge is 1.00 e. The predicted molar refractivity (Wildman–Crippen MR) is 82.4 cm³/mol. The first-order chi connectivity index (χ1) is 11.1. The summed E-state index contributed by atoms with van der Waals surface area (Å²) in [6.07, 6.45) is 2.65. The number of benzene rings is 1. The number of carbonyl (C=O) groups excluding carboxylic acids is 1. The fourth-order valence-electron chi connectivity index (χ4n) is 2.58. The molecule has 3 rings (SSSR count). The minimum absolute atomic E-state index is 0. The van der Waals surface area contributed by atoms with E-state index in [1.807, 2.05) is 36.0 Å². The fraction of sp³-hybridized carbons (Fsp3) is 0.294. The SMILES string of the molecule is CC[n+]1ccc(-c2ccc(N3C[C@H](CO)OC3=O)cc2F)cc1.[Cl-]. The Balaban J connectivity index is 0.00000208. The summed E-state index contributed by atoms with van der Waals surface area (Å²) in [7, 11) is 0. The maximum Gasteiger partial charge on any atom is 0.414 e. The van der Waals surface area contributed by atoms with E-state index in [1.165, 1.54) is 11.0 Å². The molecule has 1 saturated heterocycles. The summed E-state index contributed by atoms with van der Waals surface area (Å²) in [5.41, 5.74) is 1.67. The van der Waals surface area contributed by atoms with Crippen molar-refractivity contribution in [2.45, 2.75) is 19.6 Å². The second-order valence-corrected chi connectivity index (χ2v) is 5.38. The molecule has 1 atom stereocenters. The maximum atomic E-state index is 14.4. The van der Waals surface area contributed by atoms with Crippen molar-refractivity contribution >= 4 is 11.8 Å². The van der Waals surface area contributed by atoms with Crippen LogP contribution in [0.5, 0.6) is 0 Å². The van der Waals surface area contributed by atoms with E-state index in [4.69, 9.17) is 9.84 Å². The van der Waals surface area contributed by atoms with Crippen molar-refractivity contribution in [1.82, 2.24) is 0 Å². The number of aliphatic hydroxyl groups is 1. The number of pyridine rings is 1. The summed E-state index contributed by atoms with van der Waals surface area (Å²) in [6, 6.07) is 8.36. The molecule has 1 aliphatic rings. The summed E-state index contributed by atoms with van der Waals surface area (Å²) in [5.74, 6) is -0.406. The highest BCUT2D eigenvalue weighted by Gasteiger charge is 2.32. The van der Waals surface area contributed by atoms with Crippen LogP contribution in [0.1, 0.15) is 6.92 Å². The number of cyclic esters (lactones) is 1. The zero-order chi connectivity index (χ0) is 16.4. The molecule has 2 aromatic rings. The second-order valence-electron chi connectivity index (χ2n) is 5.38. The Labute approximate surface area is 145 Å². The minimum Gasteiger partial charge on any atom is -1.00 e. The first-order valence-corrected chi connectivity index (χ1v) is 7.50. The zero-order valence-corrected chi connectivity index (χ0v) is 13.9. The van der Waals surface area contributed by atoms with Crippen LogP contribution < -0.4 is 21.9 Å². The molecular weight excluding hydrogens is 335 g/mol. The highest BCUT2D eigenvalue weighted by Crippen LogP contribution is 2.28. The molecule has 1 N–H and O–H groups in total. The number of nitrogens with zero attached hydrogens (tertiary/aromatic N) is 2. The van der Waals surface area contributed by atoms with Gasteiger partial charge in [-0.1, -0.05) is 0 Å². The van der Waals surface area contributed by atoms with E-state index in [0.717, 1.165) is 12.1 Å². The van der Waals surface area contributed by atoms with Crippen molar-refractivity contribution in [3.8, 4) is 11.1 Å². The van der Waals surface area contributed by atoms with Crippen LogP contribution in [-0.4, -0.2) is 30.5 Å². The van der Waals surface area contributed by atoms with Crippen LogP contribution in [-0.2, 0) is 11.3 Å². The van der Waals surface area contributed by atoms with E-state index in [0.29, 0.717) is 11.3 Å². The number of ether oxygens (including phenoxy) is 1. The summed E-state index contributed by atoms with van der Waals surface area (Å²) in [5, 5.41) is 9.06. The molecule has 1 aromatic carbocycles. The molecule has 1 aliphatic heterocycles. The molecule has 128 valence electrons. The Hall–Kier alpha value is -2.18. The average molecular weight is 353 g/mol. The van der Waals surface area contributed by atoms with Gasteiger partial charge in [0.25, 0.3) is 0 Å². The van der Waals surface area contributed by atoms with Crippen LogP contribution >= 0.6 is 0 Å². The highest BCUT2D eigenvalue weighted by molar-refractivity contribution is 5.90. The normalized spacial score (nSPS) is 16.7. The van der Waals surface area contributed by atoms with E-state index in [-0.39, 0.29) is 25.6 Å². The van der Waals surface area contributed by atoms with Crippen LogP contribution in [0.25, 0.3) is 11.1 Å². The van der Waals surface area contributed by atoms with E-state index in [2.05, 4.69) is 0 Å². The van der Waals surface area contributed by atoms with Gasteiger partial charge in [0.2, 0.25) is 0 Å². The number of aliphatic hydroxyl groups excluding tert-OH is 1. The standard InChI is InChI=1S/C17H18FN2O3.ClH/c1-2-19-7-5-12(6-8-19)15-4-3-13(9-16(15)18)20-10-14(11-21)23-17(20)22;/h3-9,14,21H,2,10-11H2,1H3;1H/q+1;/p-1/t14-;/m1./s1. The molecule has 1 amide bonds. The predicted octanol–water partition coefficient (Wildman–Crippen LogP) is -0.878. The number of amides is 1. The Kier molecular flexibility index (Phi) is 5.75. The number of aryl methyl sites for hydroxylation is 1. The lowest BCUT2D eigenvalue weighted by molar-refractivity contribution is -0.693. The Morgan fingerprint density at radius 3 is 2.58 bits per heavy atom. The number of anilines is 1. The number of aromatic nitrogens is 1. The van der Waals surface area contributed by atoms with Gasteiger partial charge in [-0.05, 0) is 30.7 Å². The zero-order valence-electron chi connectivity index (χ0n) is 13.2. The Bertz CT molecular complexity index is 724. The fourth-order valence-corrected chi connectivity index (χ4v) is 2.58. The number of rotatable bonds is 4. The second kappa shape index (κ2) is 7.59. The first-order valence-electron chi connectivity index (χ1n) is 7.50. The van der Waals surface area contributed by atoms with Crippen molar-refractivity contribution in [1.29, 1.82) is 0 Å². The molecule has 0 radical (unpaired) electrons. The molecule has 7 heteroatoms. The van der Waals surface area contributed by atoms with Crippen LogP contribution in [0.3, 0.4) is 0 Å². The molecule has 0 aliphatic carbocycles. The van der Waals surface area contributed by atoms with E-state index >= 15 is 0 Å². The topological polar surface area (TPSA) is 53.6 Å². The quantitative estimate of drug-likeness (QED) is 0.727. The smallest absolute Gasteiger partial charge is 0.414 e. The van der Waals surface area contributed by atoms with Crippen LogP contribution in [0, 0.1) is 5.82 Å². The monoisotopic (exact) mass is 352 g/mol. The van der Waals surface area contributed by atoms with Gasteiger partial charge < -0.3 is 22.3 Å². The van der Waals surface area contributed by atoms with Gasteiger partial charge in [-0.2, -0.15) is 0 Å². The van der Waals surface area contributed by atoms with Gasteiger partial charge >= 0.3 is 6.09 Å². The lowest BCUT2D eigenvalue weighted by atomic mass is 10.1. The first kappa shape index (κ1) is 18.2. The molecule has 24 heavy (non-hydrogen) atoms. The van der Waals surface area contributed by atoms with E-state index < -0.39 is 18.0 Å². The van der Waals surface area contributed by atoms with Crippen LogP contribution in [0.15, 0.2) is 42.7 Å². The van der Waals surface area contributed by atoms with Crippen molar-refractivity contribution in [2.75, 3.05) is 18.1 Å². The van der Waals surface area contributed by atoms with Crippen molar-refractivity contribution in [3.05, 3.63) is 48.5 Å². The Morgan fingerprint density at radius 2 is 2.04 bits per heavy atom. The molecule has 0 unspecified atom stereocenters. The lowest BCUT2D eigenvalue weighted by Crippen LogP contribution is -3.00. The molecule has 2 heterocycles. The summed E-state index contributed by atoms with van der Waals surface area (Å²) in [4.78, 5) is 13.1. The lowest BCUT2D eigenvalue weighted by Gasteiger charge is -2.14. The average Bonchev–Trinajstić information content (AvgIpc) is 2.96. The van der Waals surface area contributed by atoms with Gasteiger partial charge in [0.1, 0.15) is 18.5 Å². The Morgan fingerprint density at radius 1 is 1.33 bits per heavy atom. The van der Waals surface area contributed by atoms with Crippen molar-refractivity contribution in [2.24, 2.45) is 0 Å². The third kappa shape index (κ3) is 3.49.